The van der Waals surface area contributed by atoms with E-state index in [-0.39, 0.29) is 177 Å². The molecule has 8 atom stereocenters. The Morgan fingerprint density at radius 3 is 0.791 bits per heavy atom. The molecule has 0 aliphatic carbocycles. The van der Waals surface area contributed by atoms with E-state index in [0.29, 0.717) is 80.7 Å². The predicted octanol–water partition coefficient (Wildman–Crippen LogP) is 15.9. The molecule has 0 fully saturated rings. The van der Waals surface area contributed by atoms with Crippen LogP contribution in [0.4, 0.5) is 0 Å². The number of ether oxygens (including phenoxy) is 10. The van der Waals surface area contributed by atoms with Crippen LogP contribution in [0.25, 0.3) is 0 Å². The maximum atomic E-state index is 15.0. The number of phenolic OH excluding ortho intramolecular Hbond substituents is 2. The van der Waals surface area contributed by atoms with Gasteiger partial charge in [0, 0.05) is 115 Å². The summed E-state index contributed by atoms with van der Waals surface area (Å²) >= 11 is 0. The molecule has 0 bridgehead atoms. The molecule has 30 nitrogen and oxygen atoms in total. The lowest BCUT2D eigenvalue weighted by Gasteiger charge is -2.25. The van der Waals surface area contributed by atoms with Gasteiger partial charge in [0.05, 0.1) is 50.6 Å². The minimum Gasteiger partial charge on any atom is -0.508 e. The number of carbonyl (C=O) groups is 14. The van der Waals surface area contributed by atoms with Gasteiger partial charge in [-0.1, -0.05) is 231 Å². The molecule has 0 aliphatic heterocycles. The fourth-order valence-electron chi connectivity index (χ4n) is 16.0. The number of hydrogen-bond acceptors (Lipinski definition) is 26. The van der Waals surface area contributed by atoms with Crippen molar-refractivity contribution in [1.82, 2.24) is 21.3 Å². The van der Waals surface area contributed by atoms with Crippen LogP contribution < -0.4 is 30.7 Å². The normalized spacial score (nSPS) is 12.6. The van der Waals surface area contributed by atoms with Gasteiger partial charge in [0.25, 0.3) is 0 Å². The molecule has 4 amide bonds. The second-order valence-electron chi connectivity index (χ2n) is 36.3. The third kappa shape index (κ3) is 46.2. The average Bonchev–Trinajstić information content (AvgIpc) is 0.844. The van der Waals surface area contributed by atoms with Crippen LogP contribution in [0.5, 0.6) is 23.0 Å². The fourth-order valence-corrected chi connectivity index (χ4v) is 16.0. The SMILES string of the molecule is COCCOCCCC(=O)[C@@H](CCC(=O)OCc1ccccc1)NC(=O)[C@H](CCC(=O)OCc1ccccc1)CC(=O)[C@@H](Cc1ccc(O)cc1)NC(=O)[C@@H](CC(C)=O)Cc1ccc(O)cc1.COCCOCCCC(=O)[C@@H](CCC(=O)OCc1ccccc1)NC(=O)[C@H](CCC(=O)OCc1ccccc1)CC(=O)[C@@H](Cc1ccc(OCc2ccccc2)cc1)NC(=O)[C@@H](CC(C)=O)Cc1ccc(OCc2ccccc2)cc1. The Labute approximate surface area is 864 Å². The van der Waals surface area contributed by atoms with Crippen LogP contribution >= 0.6 is 0 Å². The van der Waals surface area contributed by atoms with Gasteiger partial charge < -0.3 is 88.4 Å². The van der Waals surface area contributed by atoms with Gasteiger partial charge in [-0.15, -0.1) is 0 Å². The monoisotopic (exact) mass is 2020 g/mol. The first kappa shape index (κ1) is 117. The van der Waals surface area contributed by atoms with Crippen molar-refractivity contribution in [2.75, 3.05) is 53.9 Å². The van der Waals surface area contributed by atoms with E-state index in [9.17, 15) is 77.3 Å². The molecule has 0 radical (unpaired) electrons. The topological polar surface area (TPSA) is 420 Å². The van der Waals surface area contributed by atoms with Crippen molar-refractivity contribution in [2.24, 2.45) is 23.7 Å². The zero-order valence-electron chi connectivity index (χ0n) is 84.5. The summed E-state index contributed by atoms with van der Waals surface area (Å²) in [7, 11) is 3.09. The number of carbonyl (C=O) groups excluding carboxylic acids is 14. The molecule has 10 aromatic rings. The summed E-state index contributed by atoms with van der Waals surface area (Å²) in [5, 5.41) is 31.1. The van der Waals surface area contributed by atoms with E-state index < -0.39 is 120 Å². The molecule has 784 valence electrons. The van der Waals surface area contributed by atoms with Crippen molar-refractivity contribution in [3.8, 4) is 23.0 Å². The largest absolute Gasteiger partial charge is 0.508 e. The van der Waals surface area contributed by atoms with Gasteiger partial charge >= 0.3 is 23.9 Å². The van der Waals surface area contributed by atoms with Gasteiger partial charge in [-0.2, -0.15) is 0 Å². The summed E-state index contributed by atoms with van der Waals surface area (Å²) < 4.78 is 55.2. The summed E-state index contributed by atoms with van der Waals surface area (Å²) in [5.74, 6) is -10.3. The fraction of sp³-hybridized carbons (Fsp3) is 0.373. The Bertz CT molecular complexity index is 5750. The molecule has 0 saturated heterocycles. The minimum atomic E-state index is -1.23. The Kier molecular flexibility index (Phi) is 52.1. The van der Waals surface area contributed by atoms with Crippen LogP contribution in [-0.4, -0.2) is 170 Å². The van der Waals surface area contributed by atoms with Crippen molar-refractivity contribution >= 4 is 82.2 Å². The second-order valence-corrected chi connectivity index (χ2v) is 36.3. The van der Waals surface area contributed by atoms with Crippen LogP contribution in [0.15, 0.2) is 279 Å². The van der Waals surface area contributed by atoms with Crippen molar-refractivity contribution < 1.29 is 125 Å². The Balaban J connectivity index is 0.000000335. The first-order valence-corrected chi connectivity index (χ1v) is 50.0. The Morgan fingerprint density at radius 1 is 0.250 bits per heavy atom. The first-order chi connectivity index (χ1) is 71.7. The van der Waals surface area contributed by atoms with Gasteiger partial charge in [0.15, 0.2) is 23.1 Å². The lowest BCUT2D eigenvalue weighted by molar-refractivity contribution is -0.147. The van der Waals surface area contributed by atoms with E-state index >= 15 is 0 Å². The Morgan fingerprint density at radius 2 is 0.507 bits per heavy atom. The summed E-state index contributed by atoms with van der Waals surface area (Å²) in [6, 6.07) is 77.5. The molecule has 0 aromatic heterocycles. The average molecular weight is 2030 g/mol. The van der Waals surface area contributed by atoms with Crippen molar-refractivity contribution in [2.45, 2.75) is 206 Å². The van der Waals surface area contributed by atoms with E-state index in [1.807, 2.05) is 158 Å². The maximum Gasteiger partial charge on any atom is 0.306 e. The molecule has 6 N–H and O–H groups in total. The number of amides is 4. The number of esters is 4. The number of ketones is 6. The smallest absolute Gasteiger partial charge is 0.306 e. The van der Waals surface area contributed by atoms with E-state index in [4.69, 9.17) is 47.4 Å². The summed E-state index contributed by atoms with van der Waals surface area (Å²) in [5.41, 5.74) is 7.70. The summed E-state index contributed by atoms with van der Waals surface area (Å²) in [4.78, 5) is 193. The zero-order valence-corrected chi connectivity index (χ0v) is 84.5. The van der Waals surface area contributed by atoms with Gasteiger partial charge in [-0.05, 0) is 182 Å². The quantitative estimate of drug-likeness (QED) is 0.0117. The number of hydrogen-bond donors (Lipinski definition) is 6. The van der Waals surface area contributed by atoms with Gasteiger partial charge in [-0.25, -0.2) is 0 Å². The van der Waals surface area contributed by atoms with Crippen LogP contribution in [0.2, 0.25) is 0 Å². The molecule has 0 saturated carbocycles. The van der Waals surface area contributed by atoms with Crippen molar-refractivity contribution in [3.63, 3.8) is 0 Å². The number of Topliss-reactive ketones (excluding diaryl/α,β-unsaturated/α-hetero) is 6. The molecule has 0 heterocycles. The lowest BCUT2D eigenvalue weighted by atomic mass is 9.89. The third-order valence-electron chi connectivity index (χ3n) is 24.3. The molecule has 0 unspecified atom stereocenters. The Hall–Kier alpha value is -15.0. The van der Waals surface area contributed by atoms with Gasteiger partial charge in [0.1, 0.15) is 74.2 Å². The highest BCUT2D eigenvalue weighted by Crippen LogP contribution is 2.28. The molecule has 10 rings (SSSR count). The minimum absolute atomic E-state index is 0.00128. The van der Waals surface area contributed by atoms with E-state index in [1.54, 1.807) is 111 Å². The summed E-state index contributed by atoms with van der Waals surface area (Å²) in [6.45, 7) is 5.34. The van der Waals surface area contributed by atoms with Crippen molar-refractivity contribution in [1.29, 1.82) is 0 Å². The van der Waals surface area contributed by atoms with Crippen LogP contribution in [0.3, 0.4) is 0 Å². The number of rotatable bonds is 68. The number of aromatic hydroxyl groups is 2. The molecule has 10 aromatic carbocycles. The molecular formula is C118H136N4O26. The van der Waals surface area contributed by atoms with Gasteiger partial charge in [-0.3, -0.25) is 57.5 Å². The number of phenols is 2. The van der Waals surface area contributed by atoms with Gasteiger partial charge in [0.2, 0.25) is 23.6 Å². The number of nitrogens with one attached hydrogen (secondary N) is 4. The van der Waals surface area contributed by atoms with E-state index in [2.05, 4.69) is 21.3 Å². The third-order valence-corrected chi connectivity index (χ3v) is 24.3. The van der Waals surface area contributed by atoms with Crippen molar-refractivity contribution in [3.05, 3.63) is 335 Å². The highest BCUT2D eigenvalue weighted by Gasteiger charge is 2.37. The standard InChI is InChI=1S/C66H74N2O13.C52H62N2O13/c1-48(69)40-56(41-49-25-30-57(31-26-49)78-44-51-16-7-3-8-17-51)66(75)68-60(42-50-27-32-58(33-28-50)79-45-52-18-9-4-10-19-52)62(71)43-55(29-35-63(72)80-46-53-20-11-5-12-21-53)65(74)67-59(61(70)24-15-37-77-39-38-76-2)34-36-64(73)81-47-54-22-13-6-14-23-54;1-36(55)30-42(31-37-15-20-43(56)21-16-37)52(63)54-46(32-38-17-22-44(57)23-18-38)48(59)33-41(19-25-49(60)66-34-39-10-5-3-6-11-39)51(62)53-45(47(58)14-9-27-65-29-28-64-2)24-26-50(61)67-35-40-12-7-4-8-13-40/h3-14,16-23,25-28,30-33,55-56,59-60H,15,24,29,34-47H2,1-2H3,(H,67,74)(H,68,75);3-8,10-13,15-18,20-23,41-42,45-46,56-57H,9,14,19,24-35H2,1-2H3,(H,53,62)(H,54,63)/t55-,56+,59-,60-;41-,42+,45-,46-/m11/s1. The zero-order chi connectivity index (χ0) is 106. The molecule has 0 aliphatic rings. The molecule has 148 heavy (non-hydrogen) atoms. The van der Waals surface area contributed by atoms with Crippen LogP contribution in [0, 0.1) is 23.7 Å². The highest BCUT2D eigenvalue weighted by atomic mass is 16.6. The van der Waals surface area contributed by atoms with E-state index in [0.717, 1.165) is 38.9 Å². The van der Waals surface area contributed by atoms with Crippen LogP contribution in [-0.2, 0) is 170 Å². The number of benzene rings is 10. The summed E-state index contributed by atoms with van der Waals surface area (Å²) in [6.07, 6.45) is -1.83. The molecule has 0 spiro atoms. The van der Waals surface area contributed by atoms with E-state index in [1.165, 1.54) is 38.1 Å². The second kappa shape index (κ2) is 66.2. The highest BCUT2D eigenvalue weighted by molar-refractivity contribution is 5.98. The predicted molar refractivity (Wildman–Crippen MR) is 553 cm³/mol. The first-order valence-electron chi connectivity index (χ1n) is 50.0. The van der Waals surface area contributed by atoms with Crippen LogP contribution in [0.1, 0.15) is 172 Å². The lowest BCUT2D eigenvalue weighted by Crippen LogP contribution is -2.48. The maximum absolute atomic E-state index is 15.0. The number of methoxy groups -OCH3 is 2. The molecular weight excluding hydrogens is 1890 g/mol. The molecule has 30 heteroatoms.